The van der Waals surface area contributed by atoms with Gasteiger partial charge in [0.15, 0.2) is 0 Å². The lowest BCUT2D eigenvalue weighted by molar-refractivity contribution is 0.140. The molecule has 0 saturated heterocycles. The predicted octanol–water partition coefficient (Wildman–Crippen LogP) is 7.22. The van der Waals surface area contributed by atoms with E-state index in [1.54, 1.807) is 0 Å². The molecule has 0 aliphatic carbocycles. The highest BCUT2D eigenvalue weighted by Gasteiger charge is 2.21. The smallest absolute Gasteiger partial charge is 0.493 e. The summed E-state index contributed by atoms with van der Waals surface area (Å²) in [5.41, 5.74) is 4.09. The van der Waals surface area contributed by atoms with Crippen LogP contribution in [0.1, 0.15) is 23.1 Å². The van der Waals surface area contributed by atoms with Crippen LogP contribution in [0.25, 0.3) is 21.7 Å². The third kappa shape index (κ3) is 4.85. The first kappa shape index (κ1) is 22.5. The minimum atomic E-state index is -1.31. The molecule has 4 aromatic carbocycles. The first-order valence-electron chi connectivity index (χ1n) is 11.8. The molecule has 176 valence electrons. The molecule has 0 atom stereocenters. The molecule has 5 aromatic rings. The van der Waals surface area contributed by atoms with Crippen molar-refractivity contribution in [2.24, 2.45) is 0 Å². The molecule has 35 heavy (non-hydrogen) atoms. The maximum atomic E-state index is 11.6. The van der Waals surface area contributed by atoms with Gasteiger partial charge in [0, 0.05) is 16.3 Å². The van der Waals surface area contributed by atoms with Gasteiger partial charge in [-0.1, -0.05) is 84.4 Å². The lowest BCUT2D eigenvalue weighted by Crippen LogP contribution is -2.11. The number of carboxylic acid groups (broad SMARTS) is 1. The van der Waals surface area contributed by atoms with E-state index in [1.807, 2.05) is 78.2 Å². The average Bonchev–Trinajstić information content (AvgIpc) is 3.13. The van der Waals surface area contributed by atoms with Gasteiger partial charge < -0.3 is 19.1 Å². The summed E-state index contributed by atoms with van der Waals surface area (Å²) in [6.45, 7) is 3.09. The Morgan fingerprint density at radius 2 is 1.63 bits per heavy atom. The Morgan fingerprint density at radius 1 is 0.886 bits per heavy atom. The third-order valence-corrected chi connectivity index (χ3v) is 6.21. The summed E-state index contributed by atoms with van der Waals surface area (Å²) in [5, 5.41) is 12.7. The zero-order valence-corrected chi connectivity index (χ0v) is 19.6. The van der Waals surface area contributed by atoms with Gasteiger partial charge in [-0.25, -0.2) is 4.79 Å². The van der Waals surface area contributed by atoms with Gasteiger partial charge in [0.2, 0.25) is 5.88 Å². The summed E-state index contributed by atoms with van der Waals surface area (Å²) >= 11 is 0. The number of nitrogens with zero attached hydrogens (tertiary/aromatic N) is 1. The Bertz CT molecular complexity index is 1500. The molecular weight excluding hydrogens is 438 g/mol. The maximum absolute atomic E-state index is 11.6. The van der Waals surface area contributed by atoms with Crippen molar-refractivity contribution in [1.82, 2.24) is 4.57 Å². The standard InChI is InChI=1S/C30H27NO4/c1-21-9-6-10-22(19-21)20-31-27-16-5-4-14-25(27)26(29(31)35-30(32)33)15-8-18-34-28-17-7-12-23-11-2-3-13-24(23)28/h2-7,9-14,16-17,19H,8,15,18,20H2,1H3,(H,32,33). The number of aryl methyl sites for hydroxylation is 2. The molecule has 5 nitrogen and oxygen atoms in total. The number of carbonyl (C=O) groups is 1. The van der Waals surface area contributed by atoms with Crippen LogP contribution in [-0.4, -0.2) is 22.4 Å². The number of hydrogen-bond acceptors (Lipinski definition) is 3. The molecule has 0 fully saturated rings. The van der Waals surface area contributed by atoms with Crippen LogP contribution in [0.4, 0.5) is 4.79 Å². The number of ether oxygens (including phenoxy) is 2. The second-order valence-corrected chi connectivity index (χ2v) is 8.67. The molecule has 0 radical (unpaired) electrons. The molecule has 0 bridgehead atoms. The molecule has 5 heteroatoms. The predicted molar refractivity (Wildman–Crippen MR) is 139 cm³/mol. The van der Waals surface area contributed by atoms with Crippen LogP contribution in [0.5, 0.6) is 11.6 Å². The lowest BCUT2D eigenvalue weighted by Gasteiger charge is -2.12. The molecule has 1 heterocycles. The van der Waals surface area contributed by atoms with E-state index >= 15 is 0 Å². The number of hydrogen-bond donors (Lipinski definition) is 1. The van der Waals surface area contributed by atoms with Crippen LogP contribution in [0.2, 0.25) is 0 Å². The van der Waals surface area contributed by atoms with E-state index in [4.69, 9.17) is 9.47 Å². The van der Waals surface area contributed by atoms with Crippen LogP contribution in [0, 0.1) is 6.92 Å². The topological polar surface area (TPSA) is 60.7 Å². The second kappa shape index (κ2) is 9.94. The highest BCUT2D eigenvalue weighted by atomic mass is 16.7. The molecule has 0 unspecified atom stereocenters. The fraction of sp³-hybridized carbons (Fsp3) is 0.167. The van der Waals surface area contributed by atoms with Gasteiger partial charge in [0.25, 0.3) is 0 Å². The molecule has 0 spiro atoms. The third-order valence-electron chi connectivity index (χ3n) is 6.21. The largest absolute Gasteiger partial charge is 0.512 e. The average molecular weight is 466 g/mol. The van der Waals surface area contributed by atoms with E-state index in [9.17, 15) is 9.90 Å². The Morgan fingerprint density at radius 3 is 2.46 bits per heavy atom. The second-order valence-electron chi connectivity index (χ2n) is 8.67. The van der Waals surface area contributed by atoms with Crippen molar-refractivity contribution in [1.29, 1.82) is 0 Å². The summed E-state index contributed by atoms with van der Waals surface area (Å²) in [4.78, 5) is 11.6. The number of fused-ring (bicyclic) bond motifs is 2. The molecule has 0 amide bonds. The van der Waals surface area contributed by atoms with Crippen LogP contribution >= 0.6 is 0 Å². The fourth-order valence-electron chi connectivity index (χ4n) is 4.70. The number of aromatic nitrogens is 1. The van der Waals surface area contributed by atoms with Crippen molar-refractivity contribution < 1.29 is 19.4 Å². The van der Waals surface area contributed by atoms with Crippen molar-refractivity contribution in [2.75, 3.05) is 6.61 Å². The number of benzene rings is 4. The van der Waals surface area contributed by atoms with Crippen molar-refractivity contribution in [3.8, 4) is 11.6 Å². The van der Waals surface area contributed by atoms with Crippen molar-refractivity contribution in [3.05, 3.63) is 108 Å². The van der Waals surface area contributed by atoms with Crippen LogP contribution in [0.15, 0.2) is 91.0 Å². The van der Waals surface area contributed by atoms with Gasteiger partial charge in [-0.3, -0.25) is 0 Å². The Labute approximate surface area is 204 Å². The highest BCUT2D eigenvalue weighted by molar-refractivity contribution is 5.89. The van der Waals surface area contributed by atoms with Gasteiger partial charge in [-0.2, -0.15) is 0 Å². The Hall–Kier alpha value is -4.25. The van der Waals surface area contributed by atoms with Crippen LogP contribution in [0.3, 0.4) is 0 Å². The highest BCUT2D eigenvalue weighted by Crippen LogP contribution is 2.34. The van der Waals surface area contributed by atoms with Gasteiger partial charge in [0.05, 0.1) is 18.7 Å². The summed E-state index contributed by atoms with van der Waals surface area (Å²) < 4.78 is 13.5. The number of para-hydroxylation sites is 1. The van der Waals surface area contributed by atoms with Crippen molar-refractivity contribution in [3.63, 3.8) is 0 Å². The van der Waals surface area contributed by atoms with E-state index in [0.29, 0.717) is 25.5 Å². The summed E-state index contributed by atoms with van der Waals surface area (Å²) in [6.07, 6.45) is 0.0402. The zero-order valence-electron chi connectivity index (χ0n) is 19.6. The lowest BCUT2D eigenvalue weighted by atomic mass is 10.1. The van der Waals surface area contributed by atoms with E-state index in [0.717, 1.165) is 50.5 Å². The Balaban J connectivity index is 1.42. The van der Waals surface area contributed by atoms with E-state index in [2.05, 4.69) is 24.3 Å². The fourth-order valence-corrected chi connectivity index (χ4v) is 4.70. The molecule has 1 aromatic heterocycles. The maximum Gasteiger partial charge on any atom is 0.512 e. The monoisotopic (exact) mass is 465 g/mol. The van der Waals surface area contributed by atoms with E-state index in [-0.39, 0.29) is 0 Å². The first-order valence-corrected chi connectivity index (χ1v) is 11.8. The molecule has 0 aliphatic heterocycles. The van der Waals surface area contributed by atoms with E-state index in [1.165, 1.54) is 0 Å². The van der Waals surface area contributed by atoms with Crippen LogP contribution in [-0.2, 0) is 13.0 Å². The summed E-state index contributed by atoms with van der Waals surface area (Å²) in [7, 11) is 0. The quantitative estimate of drug-likeness (QED) is 0.194. The van der Waals surface area contributed by atoms with Gasteiger partial charge >= 0.3 is 6.16 Å². The van der Waals surface area contributed by atoms with Gasteiger partial charge in [-0.05, 0) is 42.8 Å². The molecular formula is C30H27NO4. The normalized spacial score (nSPS) is 11.1. The van der Waals surface area contributed by atoms with E-state index < -0.39 is 6.16 Å². The zero-order chi connectivity index (χ0) is 24.2. The Kier molecular flexibility index (Phi) is 6.40. The van der Waals surface area contributed by atoms with Crippen molar-refractivity contribution >= 4 is 27.8 Å². The minimum absolute atomic E-state index is 0.380. The molecule has 1 N–H and O–H groups in total. The minimum Gasteiger partial charge on any atom is -0.493 e. The molecule has 0 aliphatic rings. The van der Waals surface area contributed by atoms with Crippen molar-refractivity contribution in [2.45, 2.75) is 26.3 Å². The van der Waals surface area contributed by atoms with Gasteiger partial charge in [-0.15, -0.1) is 0 Å². The summed E-state index contributed by atoms with van der Waals surface area (Å²) in [5.74, 6) is 1.23. The number of rotatable bonds is 8. The van der Waals surface area contributed by atoms with Crippen LogP contribution < -0.4 is 9.47 Å². The first-order chi connectivity index (χ1) is 17.1. The SMILES string of the molecule is Cc1cccc(Cn2c(OC(=O)O)c(CCCOc3cccc4ccccc34)c3ccccc32)c1. The van der Waals surface area contributed by atoms with Gasteiger partial charge in [0.1, 0.15) is 5.75 Å². The molecule has 0 saturated carbocycles. The summed E-state index contributed by atoms with van der Waals surface area (Å²) in [6, 6.07) is 30.4. The molecule has 5 rings (SSSR count).